The molecule has 124 valence electrons. The predicted octanol–water partition coefficient (Wildman–Crippen LogP) is 3.25. The summed E-state index contributed by atoms with van der Waals surface area (Å²) in [5, 5.41) is 12.6. The number of para-hydroxylation sites is 3. The van der Waals surface area contributed by atoms with E-state index in [4.69, 9.17) is 0 Å². The van der Waals surface area contributed by atoms with E-state index in [1.165, 1.54) is 11.8 Å². The fourth-order valence-corrected chi connectivity index (χ4v) is 3.38. The molecule has 2 aromatic carbocycles. The standard InChI is InChI=1S/C18H18N2O3S/c21-15-8-3-4-9-16(15)24-12-17(22)19-13-6-1-2-7-14(13)20-11-5-10-18(20)23/h1-4,6-9,21H,5,10-12H2,(H,19,22). The first kappa shape index (κ1) is 16.4. The molecule has 0 spiro atoms. The molecule has 24 heavy (non-hydrogen) atoms. The molecule has 0 aromatic heterocycles. The number of phenols is 1. The Bertz CT molecular complexity index is 763. The monoisotopic (exact) mass is 342 g/mol. The van der Waals surface area contributed by atoms with E-state index >= 15 is 0 Å². The number of amides is 2. The van der Waals surface area contributed by atoms with Gasteiger partial charge in [0.2, 0.25) is 11.8 Å². The highest BCUT2D eigenvalue weighted by Crippen LogP contribution is 2.31. The van der Waals surface area contributed by atoms with Crippen LogP contribution in [0.4, 0.5) is 11.4 Å². The van der Waals surface area contributed by atoms with Gasteiger partial charge in [0.1, 0.15) is 5.75 Å². The van der Waals surface area contributed by atoms with Gasteiger partial charge >= 0.3 is 0 Å². The maximum Gasteiger partial charge on any atom is 0.234 e. The Morgan fingerprint density at radius 2 is 1.92 bits per heavy atom. The van der Waals surface area contributed by atoms with E-state index < -0.39 is 0 Å². The van der Waals surface area contributed by atoms with Crippen LogP contribution in [0.25, 0.3) is 0 Å². The van der Waals surface area contributed by atoms with E-state index in [-0.39, 0.29) is 23.3 Å². The second-order valence-corrected chi connectivity index (χ2v) is 6.49. The lowest BCUT2D eigenvalue weighted by molar-refractivity contribution is -0.117. The molecule has 0 saturated carbocycles. The summed E-state index contributed by atoms with van der Waals surface area (Å²) in [7, 11) is 0. The third-order valence-electron chi connectivity index (χ3n) is 3.77. The summed E-state index contributed by atoms with van der Waals surface area (Å²) in [4.78, 5) is 26.5. The zero-order valence-electron chi connectivity index (χ0n) is 13.1. The number of anilines is 2. The Kier molecular flexibility index (Phi) is 5.05. The van der Waals surface area contributed by atoms with Crippen LogP contribution in [0.15, 0.2) is 53.4 Å². The number of aromatic hydroxyl groups is 1. The van der Waals surface area contributed by atoms with Crippen LogP contribution in [0, 0.1) is 0 Å². The molecule has 3 rings (SSSR count). The Hall–Kier alpha value is -2.47. The van der Waals surface area contributed by atoms with E-state index in [2.05, 4.69) is 5.32 Å². The Balaban J connectivity index is 1.66. The minimum Gasteiger partial charge on any atom is -0.507 e. The molecule has 0 radical (unpaired) electrons. The maximum atomic E-state index is 12.2. The molecule has 0 bridgehead atoms. The molecule has 1 aliphatic rings. The van der Waals surface area contributed by atoms with Crippen molar-refractivity contribution in [2.24, 2.45) is 0 Å². The van der Waals surface area contributed by atoms with Gasteiger partial charge in [-0.3, -0.25) is 9.59 Å². The van der Waals surface area contributed by atoms with E-state index in [9.17, 15) is 14.7 Å². The SMILES string of the molecule is O=C(CSc1ccccc1O)Nc1ccccc1N1CCCC1=O. The van der Waals surface area contributed by atoms with E-state index in [1.807, 2.05) is 24.3 Å². The number of hydrogen-bond donors (Lipinski definition) is 2. The molecule has 2 aromatic rings. The van der Waals surface area contributed by atoms with Crippen molar-refractivity contribution in [3.8, 4) is 5.75 Å². The van der Waals surface area contributed by atoms with Crippen molar-refractivity contribution in [3.05, 3.63) is 48.5 Å². The number of carbonyl (C=O) groups is 2. The van der Waals surface area contributed by atoms with Crippen molar-refractivity contribution in [2.75, 3.05) is 22.5 Å². The summed E-state index contributed by atoms with van der Waals surface area (Å²) in [6.07, 6.45) is 1.38. The average molecular weight is 342 g/mol. The largest absolute Gasteiger partial charge is 0.507 e. The Labute approximate surface area is 144 Å². The van der Waals surface area contributed by atoms with Crippen molar-refractivity contribution in [3.63, 3.8) is 0 Å². The highest BCUT2D eigenvalue weighted by Gasteiger charge is 2.24. The number of benzene rings is 2. The molecular formula is C18H18N2O3S. The lowest BCUT2D eigenvalue weighted by atomic mass is 10.2. The second-order valence-electron chi connectivity index (χ2n) is 5.47. The summed E-state index contributed by atoms with van der Waals surface area (Å²) in [5.74, 6) is 0.251. The van der Waals surface area contributed by atoms with Crippen LogP contribution >= 0.6 is 11.8 Å². The van der Waals surface area contributed by atoms with Crippen LogP contribution in [-0.4, -0.2) is 29.2 Å². The van der Waals surface area contributed by atoms with Gasteiger partial charge in [-0.15, -0.1) is 11.8 Å². The third kappa shape index (κ3) is 3.71. The van der Waals surface area contributed by atoms with Gasteiger partial charge in [0.05, 0.1) is 17.1 Å². The van der Waals surface area contributed by atoms with Crippen LogP contribution < -0.4 is 10.2 Å². The van der Waals surface area contributed by atoms with Gasteiger partial charge < -0.3 is 15.3 Å². The fourth-order valence-electron chi connectivity index (χ4n) is 2.63. The molecular weight excluding hydrogens is 324 g/mol. The quantitative estimate of drug-likeness (QED) is 0.819. The number of nitrogens with one attached hydrogen (secondary N) is 1. The van der Waals surface area contributed by atoms with Crippen molar-refractivity contribution in [1.82, 2.24) is 0 Å². The molecule has 0 aliphatic carbocycles. The molecule has 2 N–H and O–H groups in total. The first-order valence-electron chi connectivity index (χ1n) is 7.75. The molecule has 0 unspecified atom stereocenters. The minimum absolute atomic E-state index is 0.0836. The number of hydrogen-bond acceptors (Lipinski definition) is 4. The Morgan fingerprint density at radius 3 is 2.67 bits per heavy atom. The number of carbonyl (C=O) groups excluding carboxylic acids is 2. The van der Waals surface area contributed by atoms with Gasteiger partial charge in [-0.1, -0.05) is 24.3 Å². The molecule has 2 amide bonds. The first-order valence-corrected chi connectivity index (χ1v) is 8.74. The van der Waals surface area contributed by atoms with Crippen LogP contribution in [0.2, 0.25) is 0 Å². The Morgan fingerprint density at radius 1 is 1.17 bits per heavy atom. The van der Waals surface area contributed by atoms with Gasteiger partial charge in [0.25, 0.3) is 0 Å². The summed E-state index contributed by atoms with van der Waals surface area (Å²) in [5.41, 5.74) is 1.37. The number of rotatable bonds is 5. The maximum absolute atomic E-state index is 12.2. The lowest BCUT2D eigenvalue weighted by Crippen LogP contribution is -2.25. The van der Waals surface area contributed by atoms with Crippen molar-refractivity contribution < 1.29 is 14.7 Å². The number of thioether (sulfide) groups is 1. The summed E-state index contributed by atoms with van der Waals surface area (Å²) < 4.78 is 0. The predicted molar refractivity (Wildman–Crippen MR) is 95.5 cm³/mol. The van der Waals surface area contributed by atoms with Gasteiger partial charge in [-0.2, -0.15) is 0 Å². The highest BCUT2D eigenvalue weighted by molar-refractivity contribution is 8.00. The molecule has 1 saturated heterocycles. The highest BCUT2D eigenvalue weighted by atomic mass is 32.2. The average Bonchev–Trinajstić information content (AvgIpc) is 3.00. The summed E-state index contributed by atoms with van der Waals surface area (Å²) in [6, 6.07) is 14.2. The molecule has 1 aliphatic heterocycles. The molecule has 6 heteroatoms. The normalized spacial score (nSPS) is 14.0. The fraction of sp³-hybridized carbons (Fsp3) is 0.222. The van der Waals surface area contributed by atoms with Gasteiger partial charge in [0, 0.05) is 17.9 Å². The first-order chi connectivity index (χ1) is 11.6. The van der Waals surface area contributed by atoms with Crippen LogP contribution in [0.1, 0.15) is 12.8 Å². The number of phenolic OH excluding ortho intramolecular Hbond substituents is 1. The van der Waals surface area contributed by atoms with Crippen LogP contribution in [0.3, 0.4) is 0 Å². The zero-order valence-corrected chi connectivity index (χ0v) is 13.9. The van der Waals surface area contributed by atoms with Gasteiger partial charge in [-0.05, 0) is 30.7 Å². The van der Waals surface area contributed by atoms with E-state index in [0.29, 0.717) is 23.5 Å². The topological polar surface area (TPSA) is 69.6 Å². The van der Waals surface area contributed by atoms with Crippen LogP contribution in [0.5, 0.6) is 5.75 Å². The summed E-state index contributed by atoms with van der Waals surface area (Å²) >= 11 is 1.27. The molecule has 1 heterocycles. The molecule has 5 nitrogen and oxygen atoms in total. The third-order valence-corrected chi connectivity index (χ3v) is 4.83. The van der Waals surface area contributed by atoms with Crippen molar-refractivity contribution >= 4 is 35.0 Å². The molecule has 0 atom stereocenters. The van der Waals surface area contributed by atoms with Crippen LogP contribution in [-0.2, 0) is 9.59 Å². The van der Waals surface area contributed by atoms with Crippen molar-refractivity contribution in [2.45, 2.75) is 17.7 Å². The van der Waals surface area contributed by atoms with E-state index in [1.54, 1.807) is 29.2 Å². The smallest absolute Gasteiger partial charge is 0.234 e. The number of nitrogens with zero attached hydrogens (tertiary/aromatic N) is 1. The summed E-state index contributed by atoms with van der Waals surface area (Å²) in [6.45, 7) is 0.679. The minimum atomic E-state index is -0.178. The second kappa shape index (κ2) is 7.40. The van der Waals surface area contributed by atoms with Crippen molar-refractivity contribution in [1.29, 1.82) is 0 Å². The van der Waals surface area contributed by atoms with Gasteiger partial charge in [-0.25, -0.2) is 0 Å². The van der Waals surface area contributed by atoms with E-state index in [0.717, 1.165) is 12.1 Å². The van der Waals surface area contributed by atoms with Gasteiger partial charge in [0.15, 0.2) is 0 Å². The zero-order chi connectivity index (χ0) is 16.9. The molecule has 1 fully saturated rings. The lowest BCUT2D eigenvalue weighted by Gasteiger charge is -2.19.